The van der Waals surface area contributed by atoms with Gasteiger partial charge in [-0.15, -0.1) is 0 Å². The lowest BCUT2D eigenvalue weighted by Crippen LogP contribution is -2.26. The standard InChI is InChI=1S/C27H36O8/c1-26(2,3)11-9-17(28)7-6-8-18(29)10-12-27(4,5)25(23-13-19(30)21(32)15-34-23)24-14-20(31)22(33)16-35-24/h13-16,25,32-33H,6-12H2,1-5H3. The monoisotopic (exact) mass is 488 g/mol. The van der Waals surface area contributed by atoms with Crippen LogP contribution in [0.5, 0.6) is 11.5 Å². The molecule has 0 bridgehead atoms. The molecule has 2 aromatic heterocycles. The number of Topliss-reactive ketones (excluding diaryl/α,β-unsaturated/α-hetero) is 2. The van der Waals surface area contributed by atoms with E-state index in [1.165, 1.54) is 0 Å². The zero-order valence-corrected chi connectivity index (χ0v) is 21.2. The molecule has 0 aliphatic heterocycles. The Morgan fingerprint density at radius 1 is 0.771 bits per heavy atom. The van der Waals surface area contributed by atoms with E-state index in [1.807, 2.05) is 13.8 Å². The summed E-state index contributed by atoms with van der Waals surface area (Å²) in [6.45, 7) is 9.96. The molecule has 0 saturated heterocycles. The van der Waals surface area contributed by atoms with Crippen molar-refractivity contribution in [1.82, 2.24) is 0 Å². The first-order valence-corrected chi connectivity index (χ1v) is 11.9. The van der Waals surface area contributed by atoms with Crippen molar-refractivity contribution in [2.24, 2.45) is 10.8 Å². The summed E-state index contributed by atoms with van der Waals surface area (Å²) >= 11 is 0. The molecule has 0 unspecified atom stereocenters. The molecule has 2 rings (SSSR count). The summed E-state index contributed by atoms with van der Waals surface area (Å²) in [5.41, 5.74) is -1.92. The molecule has 2 aromatic rings. The van der Waals surface area contributed by atoms with Crippen LogP contribution < -0.4 is 10.9 Å². The number of ketones is 2. The minimum absolute atomic E-state index is 0.0137. The molecule has 2 N–H and O–H groups in total. The van der Waals surface area contributed by atoms with Gasteiger partial charge in [-0.2, -0.15) is 0 Å². The van der Waals surface area contributed by atoms with E-state index in [4.69, 9.17) is 8.83 Å². The van der Waals surface area contributed by atoms with Crippen molar-refractivity contribution >= 4 is 11.6 Å². The molecule has 192 valence electrons. The normalized spacial score (nSPS) is 12.2. The molecule has 8 nitrogen and oxygen atoms in total. The van der Waals surface area contributed by atoms with Crippen molar-refractivity contribution in [1.29, 1.82) is 0 Å². The maximum Gasteiger partial charge on any atom is 0.226 e. The van der Waals surface area contributed by atoms with Crippen molar-refractivity contribution in [2.75, 3.05) is 0 Å². The average Bonchev–Trinajstić information content (AvgIpc) is 2.75. The second-order valence-corrected chi connectivity index (χ2v) is 11.0. The van der Waals surface area contributed by atoms with Gasteiger partial charge in [-0.25, -0.2) is 0 Å². The minimum atomic E-state index is -0.740. The molecule has 0 atom stereocenters. The molecule has 0 saturated carbocycles. The van der Waals surface area contributed by atoms with Gasteiger partial charge in [0.15, 0.2) is 11.5 Å². The summed E-state index contributed by atoms with van der Waals surface area (Å²) in [6, 6.07) is 2.25. The molecule has 0 aromatic carbocycles. The van der Waals surface area contributed by atoms with Crippen LogP contribution in [0, 0.1) is 10.8 Å². The Morgan fingerprint density at radius 2 is 1.20 bits per heavy atom. The number of aromatic hydroxyl groups is 2. The van der Waals surface area contributed by atoms with Crippen LogP contribution in [0.1, 0.15) is 97.0 Å². The Morgan fingerprint density at radius 3 is 1.60 bits per heavy atom. The van der Waals surface area contributed by atoms with E-state index in [2.05, 4.69) is 20.8 Å². The van der Waals surface area contributed by atoms with E-state index < -0.39 is 33.7 Å². The highest BCUT2D eigenvalue weighted by molar-refractivity contribution is 5.81. The SMILES string of the molecule is CC(C)(C)CCC(=O)CCCC(=O)CCC(C)(C)C(c1cc(=O)c(O)co1)c1cc(=O)c(O)co1. The minimum Gasteiger partial charge on any atom is -0.502 e. The van der Waals surface area contributed by atoms with E-state index in [-0.39, 0.29) is 34.9 Å². The first kappa shape index (κ1) is 28.1. The lowest BCUT2D eigenvalue weighted by molar-refractivity contribution is -0.121. The second kappa shape index (κ2) is 11.5. The van der Waals surface area contributed by atoms with Crippen LogP contribution in [0.15, 0.2) is 43.1 Å². The Hall–Kier alpha value is -3.16. The first-order chi connectivity index (χ1) is 16.2. The Balaban J connectivity index is 2.10. The predicted molar refractivity (Wildman–Crippen MR) is 131 cm³/mol. The van der Waals surface area contributed by atoms with Crippen LogP contribution in [0.2, 0.25) is 0 Å². The highest BCUT2D eigenvalue weighted by Gasteiger charge is 2.37. The van der Waals surface area contributed by atoms with Crippen LogP contribution in [-0.2, 0) is 9.59 Å². The highest BCUT2D eigenvalue weighted by Crippen LogP contribution is 2.44. The predicted octanol–water partition coefficient (Wildman–Crippen LogP) is 5.08. The van der Waals surface area contributed by atoms with E-state index in [0.29, 0.717) is 32.1 Å². The van der Waals surface area contributed by atoms with E-state index in [0.717, 1.165) is 31.1 Å². The number of rotatable bonds is 12. The second-order valence-electron chi connectivity index (χ2n) is 11.0. The molecular formula is C27H36O8. The molecule has 0 radical (unpaired) electrons. The smallest absolute Gasteiger partial charge is 0.226 e. The topological polar surface area (TPSA) is 135 Å². The van der Waals surface area contributed by atoms with Crippen molar-refractivity contribution in [3.05, 3.63) is 56.6 Å². The molecule has 35 heavy (non-hydrogen) atoms. The van der Waals surface area contributed by atoms with E-state index in [9.17, 15) is 29.4 Å². The van der Waals surface area contributed by atoms with Gasteiger partial charge in [-0.3, -0.25) is 19.2 Å². The third-order valence-corrected chi connectivity index (χ3v) is 6.13. The van der Waals surface area contributed by atoms with Crippen LogP contribution in [0.4, 0.5) is 0 Å². The van der Waals surface area contributed by atoms with Gasteiger partial charge in [0, 0.05) is 37.8 Å². The fourth-order valence-corrected chi connectivity index (χ4v) is 3.90. The van der Waals surface area contributed by atoms with Gasteiger partial charge in [-0.05, 0) is 30.1 Å². The third kappa shape index (κ3) is 8.53. The van der Waals surface area contributed by atoms with Crippen LogP contribution in [0.25, 0.3) is 0 Å². The Bertz CT molecular complexity index is 1090. The molecule has 8 heteroatoms. The molecular weight excluding hydrogens is 452 g/mol. The summed E-state index contributed by atoms with van der Waals surface area (Å²) in [5.74, 6) is -1.35. The molecule has 0 spiro atoms. The fourth-order valence-electron chi connectivity index (χ4n) is 3.90. The Kier molecular flexibility index (Phi) is 9.24. The fraction of sp³-hybridized carbons (Fsp3) is 0.556. The Labute approximate surface area is 205 Å². The van der Waals surface area contributed by atoms with E-state index in [1.54, 1.807) is 0 Å². The van der Waals surface area contributed by atoms with Gasteiger partial charge in [0.1, 0.15) is 35.6 Å². The molecule has 2 heterocycles. The largest absolute Gasteiger partial charge is 0.502 e. The summed E-state index contributed by atoms with van der Waals surface area (Å²) < 4.78 is 10.9. The van der Waals surface area contributed by atoms with Crippen molar-refractivity contribution in [3.63, 3.8) is 0 Å². The van der Waals surface area contributed by atoms with Gasteiger partial charge in [0.25, 0.3) is 0 Å². The molecule has 0 aliphatic carbocycles. The quantitative estimate of drug-likeness (QED) is 0.422. The van der Waals surface area contributed by atoms with Crippen LogP contribution in [0.3, 0.4) is 0 Å². The van der Waals surface area contributed by atoms with Crippen molar-refractivity contribution < 1.29 is 28.6 Å². The highest BCUT2D eigenvalue weighted by atomic mass is 16.4. The number of carbonyl (C=O) groups is 2. The number of hydrogen-bond donors (Lipinski definition) is 2. The summed E-state index contributed by atoms with van der Waals surface area (Å²) in [4.78, 5) is 48.7. The van der Waals surface area contributed by atoms with Gasteiger partial charge >= 0.3 is 0 Å². The van der Waals surface area contributed by atoms with Gasteiger partial charge < -0.3 is 19.0 Å². The molecule has 0 amide bonds. The third-order valence-electron chi connectivity index (χ3n) is 6.13. The molecule has 0 aliphatic rings. The summed E-state index contributed by atoms with van der Waals surface area (Å²) in [7, 11) is 0. The number of carbonyl (C=O) groups excluding carboxylic acids is 2. The zero-order valence-electron chi connectivity index (χ0n) is 21.2. The van der Waals surface area contributed by atoms with Gasteiger partial charge in [-0.1, -0.05) is 34.6 Å². The number of hydrogen-bond acceptors (Lipinski definition) is 8. The molecule has 0 fully saturated rings. The summed E-state index contributed by atoms with van der Waals surface area (Å²) in [5, 5.41) is 19.1. The van der Waals surface area contributed by atoms with Crippen LogP contribution in [-0.4, -0.2) is 21.8 Å². The van der Waals surface area contributed by atoms with Gasteiger partial charge in [0.2, 0.25) is 10.9 Å². The van der Waals surface area contributed by atoms with Crippen molar-refractivity contribution in [3.8, 4) is 11.5 Å². The van der Waals surface area contributed by atoms with Gasteiger partial charge in [0.05, 0.1) is 5.92 Å². The summed E-state index contributed by atoms with van der Waals surface area (Å²) in [6.07, 6.45) is 4.95. The van der Waals surface area contributed by atoms with Crippen LogP contribution >= 0.6 is 0 Å². The zero-order chi connectivity index (χ0) is 26.4. The van der Waals surface area contributed by atoms with E-state index >= 15 is 0 Å². The lowest BCUT2D eigenvalue weighted by atomic mass is 9.72. The maximum absolute atomic E-state index is 12.6. The van der Waals surface area contributed by atoms with Crippen molar-refractivity contribution in [2.45, 2.75) is 85.5 Å². The average molecular weight is 489 g/mol. The first-order valence-electron chi connectivity index (χ1n) is 11.9. The maximum atomic E-state index is 12.6. The lowest BCUT2D eigenvalue weighted by Gasteiger charge is -2.32.